The van der Waals surface area contributed by atoms with Gasteiger partial charge in [-0.1, -0.05) is 127 Å². The summed E-state index contributed by atoms with van der Waals surface area (Å²) in [6.45, 7) is 4.02. The molecule has 0 aliphatic heterocycles. The minimum Gasteiger partial charge on any atom is -0.387 e. The molecule has 0 aliphatic carbocycles. The third-order valence-corrected chi connectivity index (χ3v) is 8.59. The molecule has 3 atom stereocenters. The van der Waals surface area contributed by atoms with E-state index in [-0.39, 0.29) is 25.7 Å². The summed E-state index contributed by atoms with van der Waals surface area (Å²) in [6, 6.07) is -0.885. The first-order chi connectivity index (χ1) is 22.4. The van der Waals surface area contributed by atoms with E-state index in [0.717, 1.165) is 70.6 Å². The molecule has 0 spiro atoms. The smallest absolute Gasteiger partial charge is 0.387 e. The van der Waals surface area contributed by atoms with Gasteiger partial charge in [0.15, 0.2) is 0 Å². The fourth-order valence-electron chi connectivity index (χ4n) is 4.79. The van der Waals surface area contributed by atoms with Gasteiger partial charge in [-0.25, -0.2) is 4.57 Å². The molecule has 3 unspecified atom stereocenters. The molecule has 8 nitrogen and oxygen atoms in total. The van der Waals surface area contributed by atoms with Crippen LogP contribution in [0.2, 0.25) is 0 Å². The van der Waals surface area contributed by atoms with Crippen LogP contribution in [0, 0.1) is 0 Å². The fraction of sp³-hybridized carbons (Fsp3) is 0.757. The highest BCUT2D eigenvalue weighted by Gasteiger charge is 2.26. The van der Waals surface area contributed by atoms with Crippen molar-refractivity contribution in [2.24, 2.45) is 5.73 Å². The van der Waals surface area contributed by atoms with Gasteiger partial charge in [0.1, 0.15) is 0 Å². The van der Waals surface area contributed by atoms with Gasteiger partial charge in [-0.05, 0) is 64.2 Å². The molecule has 0 fully saturated rings. The number of nitrogens with two attached hydrogens (primary N) is 1. The Hall–Kier alpha value is -1.54. The van der Waals surface area contributed by atoms with E-state index in [1.807, 2.05) is 6.08 Å². The predicted octanol–water partition coefficient (Wildman–Crippen LogP) is 9.38. The molecule has 268 valence electrons. The Morgan fingerprint density at radius 3 is 1.74 bits per heavy atom. The van der Waals surface area contributed by atoms with Crippen molar-refractivity contribution in [2.45, 2.75) is 161 Å². The highest BCUT2D eigenvalue weighted by Crippen LogP contribution is 2.43. The third kappa shape index (κ3) is 31.1. The van der Waals surface area contributed by atoms with Crippen LogP contribution in [0.5, 0.6) is 0 Å². The molecule has 1 amide bonds. The number of allylic oxidation sites excluding steroid dienone is 7. The number of carbonyl (C=O) groups excluding carboxylic acids is 1. The lowest BCUT2D eigenvalue weighted by Crippen LogP contribution is -2.45. The number of phosphoric ester groups is 1. The number of aliphatic hydroxyl groups is 1. The minimum atomic E-state index is -4.34. The van der Waals surface area contributed by atoms with E-state index in [9.17, 15) is 19.4 Å². The molecule has 0 radical (unpaired) electrons. The Labute approximate surface area is 282 Å². The summed E-state index contributed by atoms with van der Waals surface area (Å²) in [6.07, 6.45) is 38.7. The summed E-state index contributed by atoms with van der Waals surface area (Å²) >= 11 is 0. The van der Waals surface area contributed by atoms with Crippen LogP contribution in [0.15, 0.2) is 48.6 Å². The second-order valence-electron chi connectivity index (χ2n) is 12.1. The van der Waals surface area contributed by atoms with Crippen LogP contribution in [-0.4, -0.2) is 47.8 Å². The molecular weight excluding hydrogens is 599 g/mol. The van der Waals surface area contributed by atoms with E-state index in [1.54, 1.807) is 6.08 Å². The van der Waals surface area contributed by atoms with Crippen molar-refractivity contribution in [3.8, 4) is 0 Å². The van der Waals surface area contributed by atoms with Crippen molar-refractivity contribution in [1.82, 2.24) is 5.32 Å². The number of hydrogen-bond acceptors (Lipinski definition) is 6. The molecule has 5 N–H and O–H groups in total. The lowest BCUT2D eigenvalue weighted by molar-refractivity contribution is -0.123. The number of amides is 1. The number of unbranched alkanes of at least 4 members (excludes halogenated alkanes) is 15. The van der Waals surface area contributed by atoms with E-state index in [0.29, 0.717) is 6.42 Å². The maximum absolute atomic E-state index is 12.6. The summed E-state index contributed by atoms with van der Waals surface area (Å²) in [5.74, 6) is -0.223. The van der Waals surface area contributed by atoms with Gasteiger partial charge in [-0.2, -0.15) is 0 Å². The molecular formula is C37H69N2O6P. The van der Waals surface area contributed by atoms with Crippen LogP contribution in [0.3, 0.4) is 0 Å². The Bertz CT molecular complexity index is 861. The van der Waals surface area contributed by atoms with Crippen LogP contribution < -0.4 is 11.1 Å². The van der Waals surface area contributed by atoms with Gasteiger partial charge < -0.3 is 21.1 Å². The second kappa shape index (κ2) is 33.4. The molecule has 0 saturated carbocycles. The summed E-state index contributed by atoms with van der Waals surface area (Å²) in [5.41, 5.74) is 5.34. The maximum Gasteiger partial charge on any atom is 0.472 e. The molecule has 0 rings (SSSR count). The lowest BCUT2D eigenvalue weighted by atomic mass is 10.1. The fourth-order valence-corrected chi connectivity index (χ4v) is 5.55. The van der Waals surface area contributed by atoms with Crippen molar-refractivity contribution >= 4 is 13.7 Å². The first-order valence-corrected chi connectivity index (χ1v) is 19.8. The monoisotopic (exact) mass is 668 g/mol. The van der Waals surface area contributed by atoms with E-state index in [4.69, 9.17) is 14.8 Å². The van der Waals surface area contributed by atoms with E-state index in [1.165, 1.54) is 57.8 Å². The normalized spacial score (nSPS) is 15.0. The molecule has 0 aliphatic rings. The van der Waals surface area contributed by atoms with Gasteiger partial charge >= 0.3 is 7.82 Å². The van der Waals surface area contributed by atoms with Gasteiger partial charge in [0.05, 0.1) is 25.4 Å². The van der Waals surface area contributed by atoms with Gasteiger partial charge in [0.2, 0.25) is 5.91 Å². The Morgan fingerprint density at radius 1 is 0.696 bits per heavy atom. The second-order valence-corrected chi connectivity index (χ2v) is 13.5. The van der Waals surface area contributed by atoms with Crippen LogP contribution in [0.1, 0.15) is 149 Å². The lowest BCUT2D eigenvalue weighted by Gasteiger charge is -2.23. The number of nitrogens with one attached hydrogen (secondary N) is 1. The average molecular weight is 669 g/mol. The zero-order chi connectivity index (χ0) is 34.0. The SMILES string of the molecule is CCCC/C=C\CCCCCCCC(=O)NC(COP(=O)(O)OCCN)C(O)/C=C/CC/C=C/CC/C=C/CCCCCCCC. The van der Waals surface area contributed by atoms with Crippen LogP contribution in [0.4, 0.5) is 0 Å². The average Bonchev–Trinajstić information content (AvgIpc) is 3.04. The number of carbonyl (C=O) groups is 1. The van der Waals surface area contributed by atoms with Crippen molar-refractivity contribution < 1.29 is 28.4 Å². The first kappa shape index (κ1) is 44.5. The summed E-state index contributed by atoms with van der Waals surface area (Å²) in [4.78, 5) is 22.5. The van der Waals surface area contributed by atoms with Crippen LogP contribution >= 0.6 is 7.82 Å². The van der Waals surface area contributed by atoms with Gasteiger partial charge in [-0.3, -0.25) is 13.8 Å². The van der Waals surface area contributed by atoms with E-state index in [2.05, 4.69) is 55.6 Å². The zero-order valence-electron chi connectivity index (χ0n) is 29.3. The molecule has 9 heteroatoms. The van der Waals surface area contributed by atoms with E-state index < -0.39 is 20.0 Å². The molecule has 46 heavy (non-hydrogen) atoms. The number of rotatable bonds is 33. The maximum atomic E-state index is 12.6. The molecule has 0 aromatic rings. The third-order valence-electron chi connectivity index (χ3n) is 7.60. The highest BCUT2D eigenvalue weighted by molar-refractivity contribution is 7.47. The van der Waals surface area contributed by atoms with Crippen molar-refractivity contribution in [3.05, 3.63) is 48.6 Å². The molecule has 0 heterocycles. The Kier molecular flexibility index (Phi) is 32.2. The van der Waals surface area contributed by atoms with Crippen LogP contribution in [0.25, 0.3) is 0 Å². The predicted molar refractivity (Wildman–Crippen MR) is 194 cm³/mol. The van der Waals surface area contributed by atoms with Gasteiger partial charge in [-0.15, -0.1) is 0 Å². The molecule has 0 bridgehead atoms. The van der Waals surface area contributed by atoms with Gasteiger partial charge in [0, 0.05) is 13.0 Å². The first-order valence-electron chi connectivity index (χ1n) is 18.3. The van der Waals surface area contributed by atoms with Crippen molar-refractivity contribution in [1.29, 1.82) is 0 Å². The Morgan fingerprint density at radius 2 is 1.17 bits per heavy atom. The molecule has 0 saturated heterocycles. The van der Waals surface area contributed by atoms with Crippen LogP contribution in [-0.2, 0) is 18.4 Å². The topological polar surface area (TPSA) is 131 Å². The Balaban J connectivity index is 4.45. The number of phosphoric acid groups is 1. The van der Waals surface area contributed by atoms with Crippen molar-refractivity contribution in [2.75, 3.05) is 19.8 Å². The largest absolute Gasteiger partial charge is 0.472 e. The summed E-state index contributed by atoms with van der Waals surface area (Å²) in [7, 11) is -4.34. The number of hydrogen-bond donors (Lipinski definition) is 4. The van der Waals surface area contributed by atoms with E-state index >= 15 is 0 Å². The summed E-state index contributed by atoms with van der Waals surface area (Å²) in [5, 5.41) is 13.5. The molecule has 0 aromatic heterocycles. The number of aliphatic hydroxyl groups excluding tert-OH is 1. The minimum absolute atomic E-state index is 0.0689. The molecule has 0 aromatic carbocycles. The zero-order valence-corrected chi connectivity index (χ0v) is 30.2. The quantitative estimate of drug-likeness (QED) is 0.0311. The highest BCUT2D eigenvalue weighted by atomic mass is 31.2. The standard InChI is InChI=1S/C37H69N2O6P/c1-3-5-7-9-11-13-15-16-17-18-19-21-22-24-26-28-30-36(40)35(34-45-46(42,43)44-33-32-38)39-37(41)31-29-27-25-23-20-14-12-10-8-6-4-2/h10,12,16-17,21-22,28,30,35-36,40H,3-9,11,13-15,18-20,23-27,29,31-34,38H2,1-2H3,(H,39,41)(H,42,43)/b12-10-,17-16+,22-21+,30-28+. The van der Waals surface area contributed by atoms with Gasteiger partial charge in [0.25, 0.3) is 0 Å². The van der Waals surface area contributed by atoms with Crippen molar-refractivity contribution in [3.63, 3.8) is 0 Å². The summed E-state index contributed by atoms with van der Waals surface area (Å²) < 4.78 is 22.0.